The second-order valence-corrected chi connectivity index (χ2v) is 5.35. The Morgan fingerprint density at radius 1 is 1.24 bits per heavy atom. The molecule has 0 aliphatic rings. The number of rotatable bonds is 8. The van der Waals surface area contributed by atoms with Crippen molar-refractivity contribution in [3.63, 3.8) is 0 Å². The lowest BCUT2D eigenvalue weighted by Gasteiger charge is -2.19. The molecule has 1 aromatic rings. The van der Waals surface area contributed by atoms with Gasteiger partial charge in [-0.1, -0.05) is 54.6 Å². The van der Waals surface area contributed by atoms with E-state index in [1.165, 1.54) is 0 Å². The Kier molecular flexibility index (Phi) is 7.60. The highest BCUT2D eigenvalue weighted by molar-refractivity contribution is 14.1. The van der Waals surface area contributed by atoms with Gasteiger partial charge in [-0.05, 0) is 31.0 Å². The third-order valence-electron chi connectivity index (χ3n) is 2.71. The first kappa shape index (κ1) is 14.8. The van der Waals surface area contributed by atoms with Crippen molar-refractivity contribution in [2.75, 3.05) is 17.6 Å². The summed E-state index contributed by atoms with van der Waals surface area (Å²) in [4.78, 5) is 0. The van der Waals surface area contributed by atoms with Crippen LogP contribution in [0.2, 0.25) is 0 Å². The van der Waals surface area contributed by atoms with E-state index in [2.05, 4.69) is 41.8 Å². The summed E-state index contributed by atoms with van der Waals surface area (Å²) in [6, 6.07) is 10.6. The van der Waals surface area contributed by atoms with Gasteiger partial charge in [0.05, 0.1) is 6.61 Å². The molecule has 0 spiro atoms. The first-order chi connectivity index (χ1) is 8.24. The second kappa shape index (κ2) is 8.75. The number of nitrogens with one attached hydrogen (secondary N) is 1. The number of para-hydroxylation sites is 1. The molecule has 1 rings (SSSR count). The summed E-state index contributed by atoms with van der Waals surface area (Å²) in [5, 5.41) is 3.57. The largest absolute Gasteiger partial charge is 0.494 e. The van der Waals surface area contributed by atoms with Crippen molar-refractivity contribution in [1.82, 2.24) is 5.32 Å². The molecule has 0 amide bonds. The van der Waals surface area contributed by atoms with Gasteiger partial charge in [-0.25, -0.2) is 0 Å². The predicted molar refractivity (Wildman–Crippen MR) is 82.1 cm³/mol. The molecular weight excluding hydrogens is 325 g/mol. The lowest BCUT2D eigenvalue weighted by molar-refractivity contribution is 0.301. The molecule has 1 unspecified atom stereocenters. The maximum atomic E-state index is 5.64. The molecule has 17 heavy (non-hydrogen) atoms. The van der Waals surface area contributed by atoms with Crippen LogP contribution in [-0.2, 0) is 0 Å². The average Bonchev–Trinajstić information content (AvgIpc) is 2.34. The summed E-state index contributed by atoms with van der Waals surface area (Å²) in [5.74, 6) is 1.66. The smallest absolute Gasteiger partial charge is 0.119 e. The van der Waals surface area contributed by atoms with Crippen LogP contribution in [0.3, 0.4) is 0 Å². The normalized spacial score (nSPS) is 12.7. The Balaban J connectivity index is 2.08. The van der Waals surface area contributed by atoms with Gasteiger partial charge in [-0.2, -0.15) is 0 Å². The minimum Gasteiger partial charge on any atom is -0.494 e. The lowest BCUT2D eigenvalue weighted by Crippen LogP contribution is -2.36. The van der Waals surface area contributed by atoms with Crippen LogP contribution < -0.4 is 10.1 Å². The van der Waals surface area contributed by atoms with Gasteiger partial charge in [0, 0.05) is 10.5 Å². The molecule has 1 atom stereocenters. The van der Waals surface area contributed by atoms with Gasteiger partial charge < -0.3 is 10.1 Å². The van der Waals surface area contributed by atoms with Gasteiger partial charge in [0.1, 0.15) is 5.75 Å². The van der Waals surface area contributed by atoms with Crippen LogP contribution in [-0.4, -0.2) is 23.6 Å². The monoisotopic (exact) mass is 347 g/mol. The zero-order valence-corrected chi connectivity index (χ0v) is 12.8. The van der Waals surface area contributed by atoms with Crippen LogP contribution in [0.5, 0.6) is 5.75 Å². The maximum Gasteiger partial charge on any atom is 0.119 e. The Morgan fingerprint density at radius 2 is 1.94 bits per heavy atom. The molecule has 0 saturated heterocycles. The fourth-order valence-electron chi connectivity index (χ4n) is 1.53. The molecule has 0 aliphatic heterocycles. The summed E-state index contributed by atoms with van der Waals surface area (Å²) in [6.45, 7) is 6.33. The highest BCUT2D eigenvalue weighted by atomic mass is 127. The molecule has 0 aliphatic carbocycles. The molecule has 3 heteroatoms. The summed E-state index contributed by atoms with van der Waals surface area (Å²) in [5.41, 5.74) is 0. The number of ether oxygens (including phenoxy) is 1. The number of alkyl halides is 1. The quantitative estimate of drug-likeness (QED) is 0.442. The van der Waals surface area contributed by atoms with Crippen molar-refractivity contribution in [3.8, 4) is 5.75 Å². The van der Waals surface area contributed by atoms with E-state index in [-0.39, 0.29) is 0 Å². The van der Waals surface area contributed by atoms with E-state index in [1.54, 1.807) is 0 Å². The van der Waals surface area contributed by atoms with E-state index >= 15 is 0 Å². The van der Waals surface area contributed by atoms with Crippen LogP contribution in [0.1, 0.15) is 20.3 Å². The zero-order chi connectivity index (χ0) is 12.5. The molecule has 2 nitrogen and oxygen atoms in total. The Labute approximate surface area is 118 Å². The molecule has 0 aromatic heterocycles. The minimum absolute atomic E-state index is 0.618. The van der Waals surface area contributed by atoms with Crippen LogP contribution >= 0.6 is 22.6 Å². The van der Waals surface area contributed by atoms with Crippen molar-refractivity contribution in [2.45, 2.75) is 26.3 Å². The molecule has 0 radical (unpaired) electrons. The molecule has 0 heterocycles. The third-order valence-corrected chi connectivity index (χ3v) is 3.66. The molecule has 96 valence electrons. The van der Waals surface area contributed by atoms with E-state index in [0.29, 0.717) is 12.0 Å². The first-order valence-corrected chi connectivity index (χ1v) is 7.73. The van der Waals surface area contributed by atoms with Crippen molar-refractivity contribution in [2.24, 2.45) is 5.92 Å². The summed E-state index contributed by atoms with van der Waals surface area (Å²) in [6.07, 6.45) is 1.05. The Hall–Kier alpha value is -0.290. The summed E-state index contributed by atoms with van der Waals surface area (Å²) >= 11 is 2.44. The van der Waals surface area contributed by atoms with Crippen LogP contribution in [0.25, 0.3) is 0 Å². The standard InChI is InChI=1S/C14H22INO/c1-12(2)14(11-15)16-9-6-10-17-13-7-4-3-5-8-13/h3-5,7-8,12,14,16H,6,9-11H2,1-2H3. The summed E-state index contributed by atoms with van der Waals surface area (Å²) in [7, 11) is 0. The zero-order valence-electron chi connectivity index (χ0n) is 10.7. The van der Waals surface area contributed by atoms with Crippen molar-refractivity contribution >= 4 is 22.6 Å². The predicted octanol–water partition coefficient (Wildman–Crippen LogP) is 3.50. The topological polar surface area (TPSA) is 21.3 Å². The van der Waals surface area contributed by atoms with Crippen molar-refractivity contribution in [1.29, 1.82) is 0 Å². The average molecular weight is 347 g/mol. The van der Waals surface area contributed by atoms with E-state index in [9.17, 15) is 0 Å². The van der Waals surface area contributed by atoms with Crippen molar-refractivity contribution < 1.29 is 4.74 Å². The number of halogens is 1. The van der Waals surface area contributed by atoms with Gasteiger partial charge in [0.15, 0.2) is 0 Å². The Bertz CT molecular complexity index is 290. The number of hydrogen-bond donors (Lipinski definition) is 1. The number of hydrogen-bond acceptors (Lipinski definition) is 2. The molecule has 0 fully saturated rings. The van der Waals surface area contributed by atoms with E-state index in [1.807, 2.05) is 30.3 Å². The van der Waals surface area contributed by atoms with Gasteiger partial charge in [-0.3, -0.25) is 0 Å². The lowest BCUT2D eigenvalue weighted by atomic mass is 10.1. The fourth-order valence-corrected chi connectivity index (χ4v) is 2.86. The summed E-state index contributed by atoms with van der Waals surface area (Å²) < 4.78 is 6.80. The third kappa shape index (κ3) is 6.27. The molecule has 1 aromatic carbocycles. The molecule has 1 N–H and O–H groups in total. The van der Waals surface area contributed by atoms with Crippen LogP contribution in [0, 0.1) is 5.92 Å². The second-order valence-electron chi connectivity index (χ2n) is 4.47. The molecule has 0 saturated carbocycles. The van der Waals surface area contributed by atoms with E-state index in [0.717, 1.165) is 29.7 Å². The highest BCUT2D eigenvalue weighted by Gasteiger charge is 2.09. The molecule has 0 bridgehead atoms. The maximum absolute atomic E-state index is 5.64. The molecular formula is C14H22INO. The van der Waals surface area contributed by atoms with Crippen LogP contribution in [0.4, 0.5) is 0 Å². The Morgan fingerprint density at radius 3 is 2.53 bits per heavy atom. The van der Waals surface area contributed by atoms with E-state index in [4.69, 9.17) is 4.74 Å². The first-order valence-electron chi connectivity index (χ1n) is 6.21. The van der Waals surface area contributed by atoms with Gasteiger partial charge in [-0.15, -0.1) is 0 Å². The van der Waals surface area contributed by atoms with Crippen LogP contribution in [0.15, 0.2) is 30.3 Å². The minimum atomic E-state index is 0.618. The number of benzene rings is 1. The SMILES string of the molecule is CC(C)C(CI)NCCCOc1ccccc1. The fraction of sp³-hybridized carbons (Fsp3) is 0.571. The highest BCUT2D eigenvalue weighted by Crippen LogP contribution is 2.08. The van der Waals surface area contributed by atoms with E-state index < -0.39 is 0 Å². The van der Waals surface area contributed by atoms with Gasteiger partial charge in [0.2, 0.25) is 0 Å². The van der Waals surface area contributed by atoms with Gasteiger partial charge in [0.25, 0.3) is 0 Å². The van der Waals surface area contributed by atoms with Gasteiger partial charge >= 0.3 is 0 Å². The van der Waals surface area contributed by atoms with Crippen molar-refractivity contribution in [3.05, 3.63) is 30.3 Å².